The molecule has 16 heavy (non-hydrogen) atoms. The minimum atomic E-state index is 1.03. The summed E-state index contributed by atoms with van der Waals surface area (Å²) in [7, 11) is 0. The van der Waals surface area contributed by atoms with Crippen molar-refractivity contribution in [1.82, 2.24) is 10.2 Å². The van der Waals surface area contributed by atoms with Gasteiger partial charge in [-0.05, 0) is 18.4 Å². The molecule has 2 nitrogen and oxygen atoms in total. The van der Waals surface area contributed by atoms with Gasteiger partial charge in [-0.3, -0.25) is 5.10 Å². The number of rotatable bonds is 2. The lowest BCUT2D eigenvalue weighted by Crippen LogP contribution is -1.74. The Kier molecular flexibility index (Phi) is 2.46. The number of hydrogen-bond acceptors (Lipinski definition) is 3. The van der Waals surface area contributed by atoms with Crippen LogP contribution in [0.2, 0.25) is 0 Å². The first-order chi connectivity index (χ1) is 7.88. The van der Waals surface area contributed by atoms with E-state index in [9.17, 15) is 0 Å². The van der Waals surface area contributed by atoms with E-state index in [0.717, 1.165) is 10.7 Å². The lowest BCUT2D eigenvalue weighted by molar-refractivity contribution is 1.01. The Bertz CT molecular complexity index is 625. The van der Waals surface area contributed by atoms with Crippen molar-refractivity contribution in [3.05, 3.63) is 35.7 Å². The highest BCUT2D eigenvalue weighted by Crippen LogP contribution is 2.33. The van der Waals surface area contributed by atoms with Gasteiger partial charge in [0.2, 0.25) is 0 Å². The lowest BCUT2D eigenvalue weighted by Gasteiger charge is -1.93. The smallest absolute Gasteiger partial charge is 0.118 e. The SMILES string of the molecule is CSc1cc(-c2csc3ccccc23)[nH]n1. The maximum Gasteiger partial charge on any atom is 0.118 e. The summed E-state index contributed by atoms with van der Waals surface area (Å²) < 4.78 is 1.32. The minimum absolute atomic E-state index is 1.03. The van der Waals surface area contributed by atoms with Crippen LogP contribution in [0.5, 0.6) is 0 Å². The zero-order chi connectivity index (χ0) is 11.0. The summed E-state index contributed by atoms with van der Waals surface area (Å²) in [6.07, 6.45) is 2.03. The standard InChI is InChI=1S/C12H10N2S2/c1-15-12-6-10(13-14-12)9-7-16-11-5-3-2-4-8(9)11/h2-7H,1H3,(H,13,14). The fraction of sp³-hybridized carbons (Fsp3) is 0.0833. The number of H-pyrrole nitrogens is 1. The van der Waals surface area contributed by atoms with E-state index in [2.05, 4.69) is 45.9 Å². The number of aromatic amines is 1. The van der Waals surface area contributed by atoms with E-state index in [1.807, 2.05) is 6.26 Å². The van der Waals surface area contributed by atoms with Gasteiger partial charge >= 0.3 is 0 Å². The van der Waals surface area contributed by atoms with Crippen LogP contribution in [0.1, 0.15) is 0 Å². The summed E-state index contributed by atoms with van der Waals surface area (Å²) in [5, 5.41) is 11.8. The molecule has 1 N–H and O–H groups in total. The Morgan fingerprint density at radius 3 is 3.00 bits per heavy atom. The second kappa shape index (κ2) is 3.96. The maximum absolute atomic E-state index is 4.24. The molecule has 1 aromatic carbocycles. The average molecular weight is 246 g/mol. The number of thiophene rings is 1. The van der Waals surface area contributed by atoms with Crippen molar-refractivity contribution in [2.75, 3.05) is 6.26 Å². The van der Waals surface area contributed by atoms with Gasteiger partial charge in [0, 0.05) is 21.0 Å². The quantitative estimate of drug-likeness (QED) is 0.692. The second-order valence-corrected chi connectivity index (χ2v) is 5.21. The Morgan fingerprint density at radius 1 is 1.31 bits per heavy atom. The number of nitrogens with one attached hydrogen (secondary N) is 1. The van der Waals surface area contributed by atoms with Crippen LogP contribution >= 0.6 is 23.1 Å². The fourth-order valence-electron chi connectivity index (χ4n) is 1.73. The molecule has 3 rings (SSSR count). The van der Waals surface area contributed by atoms with Gasteiger partial charge in [0.05, 0.1) is 5.69 Å². The minimum Gasteiger partial charge on any atom is -0.277 e. The predicted molar refractivity (Wildman–Crippen MR) is 71.2 cm³/mol. The molecular weight excluding hydrogens is 236 g/mol. The highest BCUT2D eigenvalue weighted by molar-refractivity contribution is 7.98. The molecule has 2 aromatic heterocycles. The summed E-state index contributed by atoms with van der Waals surface area (Å²) in [5.41, 5.74) is 2.34. The highest BCUT2D eigenvalue weighted by Gasteiger charge is 2.08. The molecule has 0 saturated carbocycles. The summed E-state index contributed by atoms with van der Waals surface area (Å²) in [4.78, 5) is 0. The predicted octanol–water partition coefficient (Wildman–Crippen LogP) is 4.01. The van der Waals surface area contributed by atoms with Crippen molar-refractivity contribution >= 4 is 33.2 Å². The summed E-state index contributed by atoms with van der Waals surface area (Å²) in [5.74, 6) is 0. The van der Waals surface area contributed by atoms with Crippen molar-refractivity contribution < 1.29 is 0 Å². The molecule has 2 heterocycles. The topological polar surface area (TPSA) is 28.7 Å². The number of benzene rings is 1. The molecule has 80 valence electrons. The third-order valence-electron chi connectivity index (χ3n) is 2.53. The molecule has 0 saturated heterocycles. The zero-order valence-corrected chi connectivity index (χ0v) is 10.4. The van der Waals surface area contributed by atoms with Gasteiger partial charge in [0.25, 0.3) is 0 Å². The van der Waals surface area contributed by atoms with Crippen molar-refractivity contribution in [3.63, 3.8) is 0 Å². The van der Waals surface area contributed by atoms with Crippen LogP contribution in [0.25, 0.3) is 21.3 Å². The van der Waals surface area contributed by atoms with Crippen LogP contribution in [-0.4, -0.2) is 16.5 Å². The molecule has 0 radical (unpaired) electrons. The van der Waals surface area contributed by atoms with E-state index >= 15 is 0 Å². The van der Waals surface area contributed by atoms with Gasteiger partial charge in [-0.1, -0.05) is 18.2 Å². The highest BCUT2D eigenvalue weighted by atomic mass is 32.2. The molecule has 3 aromatic rings. The molecule has 0 fully saturated rings. The molecule has 0 aliphatic rings. The van der Waals surface area contributed by atoms with E-state index in [1.165, 1.54) is 15.6 Å². The van der Waals surface area contributed by atoms with Crippen molar-refractivity contribution in [2.45, 2.75) is 5.03 Å². The van der Waals surface area contributed by atoms with Crippen LogP contribution in [0.15, 0.2) is 40.7 Å². The van der Waals surface area contributed by atoms with E-state index in [1.54, 1.807) is 23.1 Å². The Labute approximate surface area is 102 Å². The monoisotopic (exact) mass is 246 g/mol. The number of hydrogen-bond donors (Lipinski definition) is 1. The molecule has 0 atom stereocenters. The lowest BCUT2D eigenvalue weighted by atomic mass is 10.1. The van der Waals surface area contributed by atoms with Gasteiger partial charge in [0.1, 0.15) is 5.03 Å². The van der Waals surface area contributed by atoms with Crippen LogP contribution in [0, 0.1) is 0 Å². The fourth-order valence-corrected chi connectivity index (χ4v) is 3.07. The van der Waals surface area contributed by atoms with E-state index in [0.29, 0.717) is 0 Å². The summed E-state index contributed by atoms with van der Waals surface area (Å²) >= 11 is 3.42. The van der Waals surface area contributed by atoms with Crippen LogP contribution < -0.4 is 0 Å². The van der Waals surface area contributed by atoms with Gasteiger partial charge in [0.15, 0.2) is 0 Å². The van der Waals surface area contributed by atoms with E-state index < -0.39 is 0 Å². The molecule has 0 spiro atoms. The summed E-state index contributed by atoms with van der Waals surface area (Å²) in [6.45, 7) is 0. The van der Waals surface area contributed by atoms with Crippen LogP contribution in [-0.2, 0) is 0 Å². The Balaban J connectivity index is 2.18. The van der Waals surface area contributed by atoms with E-state index in [4.69, 9.17) is 0 Å². The molecule has 0 amide bonds. The molecular formula is C12H10N2S2. The molecule has 0 aliphatic carbocycles. The first-order valence-corrected chi connectivity index (χ1v) is 7.05. The van der Waals surface area contributed by atoms with E-state index in [-0.39, 0.29) is 0 Å². The number of fused-ring (bicyclic) bond motifs is 1. The molecule has 0 unspecified atom stereocenters. The number of nitrogens with zero attached hydrogens (tertiary/aromatic N) is 1. The Morgan fingerprint density at radius 2 is 2.19 bits per heavy atom. The molecule has 4 heteroatoms. The third-order valence-corrected chi connectivity index (χ3v) is 4.13. The van der Waals surface area contributed by atoms with Gasteiger partial charge in [-0.25, -0.2) is 0 Å². The normalized spacial score (nSPS) is 11.1. The van der Waals surface area contributed by atoms with Crippen molar-refractivity contribution in [2.24, 2.45) is 0 Å². The van der Waals surface area contributed by atoms with Crippen molar-refractivity contribution in [3.8, 4) is 11.3 Å². The first-order valence-electron chi connectivity index (χ1n) is 4.94. The van der Waals surface area contributed by atoms with Crippen molar-refractivity contribution in [1.29, 1.82) is 0 Å². The largest absolute Gasteiger partial charge is 0.277 e. The van der Waals surface area contributed by atoms with Gasteiger partial charge in [-0.2, -0.15) is 5.10 Å². The first kappa shape index (κ1) is 9.93. The molecule has 0 bridgehead atoms. The molecule has 0 aliphatic heterocycles. The van der Waals surface area contributed by atoms with Gasteiger partial charge in [-0.15, -0.1) is 23.1 Å². The number of thioether (sulfide) groups is 1. The Hall–Kier alpha value is -1.26. The maximum atomic E-state index is 4.24. The van der Waals surface area contributed by atoms with Crippen LogP contribution in [0.4, 0.5) is 0 Å². The average Bonchev–Trinajstić information content (AvgIpc) is 2.94. The number of aromatic nitrogens is 2. The van der Waals surface area contributed by atoms with Gasteiger partial charge < -0.3 is 0 Å². The zero-order valence-electron chi connectivity index (χ0n) is 8.73. The second-order valence-electron chi connectivity index (χ2n) is 3.47. The van der Waals surface area contributed by atoms with Crippen LogP contribution in [0.3, 0.4) is 0 Å². The third kappa shape index (κ3) is 1.54. The summed E-state index contributed by atoms with van der Waals surface area (Å²) in [6, 6.07) is 10.5.